The third-order valence-electron chi connectivity index (χ3n) is 4.53. The molecule has 0 unspecified atom stereocenters. The van der Waals surface area contributed by atoms with Crippen LogP contribution >= 0.6 is 0 Å². The summed E-state index contributed by atoms with van der Waals surface area (Å²) in [6, 6.07) is 27.2. The van der Waals surface area contributed by atoms with Crippen LogP contribution in [0.5, 0.6) is 5.75 Å². The second-order valence-electron chi connectivity index (χ2n) is 6.33. The fourth-order valence-corrected chi connectivity index (χ4v) is 3.23. The van der Waals surface area contributed by atoms with E-state index in [0.717, 1.165) is 25.1 Å². The lowest BCUT2D eigenvalue weighted by Crippen LogP contribution is -2.15. The summed E-state index contributed by atoms with van der Waals surface area (Å²) in [5.74, 6) is 0.934. The van der Waals surface area contributed by atoms with E-state index in [1.54, 1.807) is 0 Å². The second kappa shape index (κ2) is 7.35. The third-order valence-corrected chi connectivity index (χ3v) is 4.53. The zero-order valence-electron chi connectivity index (χ0n) is 14.2. The Morgan fingerprint density at radius 1 is 0.800 bits per heavy atom. The summed E-state index contributed by atoms with van der Waals surface area (Å²) in [4.78, 5) is 4.77. The molecule has 0 saturated heterocycles. The first-order valence-electron chi connectivity index (χ1n) is 8.76. The molecule has 0 N–H and O–H groups in total. The summed E-state index contributed by atoms with van der Waals surface area (Å²) >= 11 is 0. The molecule has 4 rings (SSSR count). The van der Waals surface area contributed by atoms with Crippen molar-refractivity contribution in [2.24, 2.45) is 4.99 Å². The number of aliphatic imine (C=N–C) groups is 1. The summed E-state index contributed by atoms with van der Waals surface area (Å²) in [5, 5.41) is 0. The van der Waals surface area contributed by atoms with Crippen LogP contribution in [0.2, 0.25) is 0 Å². The molecular formula is C23H21NO. The van der Waals surface area contributed by atoms with Crippen molar-refractivity contribution in [3.8, 4) is 5.75 Å². The maximum atomic E-state index is 5.97. The Kier molecular flexibility index (Phi) is 4.60. The quantitative estimate of drug-likeness (QED) is 0.656. The molecule has 0 atom stereocenters. The van der Waals surface area contributed by atoms with Gasteiger partial charge in [0, 0.05) is 18.7 Å². The van der Waals surface area contributed by atoms with Gasteiger partial charge in [-0.2, -0.15) is 0 Å². The van der Waals surface area contributed by atoms with E-state index in [1.807, 2.05) is 18.2 Å². The molecule has 0 aliphatic carbocycles. The molecule has 3 aromatic carbocycles. The topological polar surface area (TPSA) is 21.6 Å². The standard InChI is InChI=1S/C23H21NO/c1-3-7-18(8-4-1)15-23-22-12-11-21(16-20(22)13-14-24-23)25-17-19-9-5-2-6-10-19/h1-12,16H,13-15,17H2. The van der Waals surface area contributed by atoms with Gasteiger partial charge in [0.25, 0.3) is 0 Å². The zero-order chi connectivity index (χ0) is 16.9. The van der Waals surface area contributed by atoms with Crippen LogP contribution in [0.3, 0.4) is 0 Å². The first kappa shape index (κ1) is 15.6. The van der Waals surface area contributed by atoms with Crippen LogP contribution in [0.25, 0.3) is 0 Å². The Hall–Kier alpha value is -2.87. The zero-order valence-corrected chi connectivity index (χ0v) is 14.2. The molecule has 0 spiro atoms. The number of fused-ring (bicyclic) bond motifs is 1. The first-order valence-corrected chi connectivity index (χ1v) is 8.76. The molecule has 0 amide bonds. The molecule has 0 fully saturated rings. The predicted octanol–water partition coefficient (Wildman–Crippen LogP) is 4.85. The minimum Gasteiger partial charge on any atom is -0.489 e. The molecule has 1 aliphatic heterocycles. The number of hydrogen-bond acceptors (Lipinski definition) is 2. The highest BCUT2D eigenvalue weighted by atomic mass is 16.5. The van der Waals surface area contributed by atoms with Crippen molar-refractivity contribution in [2.45, 2.75) is 19.4 Å². The maximum Gasteiger partial charge on any atom is 0.120 e. The molecule has 0 saturated carbocycles. The van der Waals surface area contributed by atoms with E-state index in [9.17, 15) is 0 Å². The van der Waals surface area contributed by atoms with Crippen molar-refractivity contribution in [2.75, 3.05) is 6.54 Å². The third kappa shape index (κ3) is 3.80. The summed E-state index contributed by atoms with van der Waals surface area (Å²) < 4.78 is 5.97. The molecule has 2 nitrogen and oxygen atoms in total. The highest BCUT2D eigenvalue weighted by Gasteiger charge is 2.15. The molecule has 1 aliphatic rings. The molecule has 25 heavy (non-hydrogen) atoms. The Bertz CT molecular complexity index is 869. The minimum absolute atomic E-state index is 0.602. The van der Waals surface area contributed by atoms with Crippen molar-refractivity contribution < 1.29 is 4.74 Å². The van der Waals surface area contributed by atoms with E-state index >= 15 is 0 Å². The summed E-state index contributed by atoms with van der Waals surface area (Å²) in [6.07, 6.45) is 1.87. The van der Waals surface area contributed by atoms with Gasteiger partial charge < -0.3 is 4.74 Å². The number of benzene rings is 3. The highest BCUT2D eigenvalue weighted by molar-refractivity contribution is 6.03. The van der Waals surface area contributed by atoms with Gasteiger partial charge in [0.05, 0.1) is 0 Å². The van der Waals surface area contributed by atoms with Gasteiger partial charge in [0.15, 0.2) is 0 Å². The van der Waals surface area contributed by atoms with E-state index in [0.29, 0.717) is 6.61 Å². The van der Waals surface area contributed by atoms with Gasteiger partial charge in [-0.3, -0.25) is 4.99 Å². The van der Waals surface area contributed by atoms with Gasteiger partial charge in [0.1, 0.15) is 12.4 Å². The largest absolute Gasteiger partial charge is 0.489 e. The molecule has 1 heterocycles. The van der Waals surface area contributed by atoms with Crippen LogP contribution in [0.15, 0.2) is 83.9 Å². The summed E-state index contributed by atoms with van der Waals surface area (Å²) in [6.45, 7) is 1.46. The van der Waals surface area contributed by atoms with Gasteiger partial charge in [0.2, 0.25) is 0 Å². The molecule has 2 heteroatoms. The van der Waals surface area contributed by atoms with E-state index in [-0.39, 0.29) is 0 Å². The number of hydrogen-bond donors (Lipinski definition) is 0. The Balaban J connectivity index is 1.50. The van der Waals surface area contributed by atoms with Crippen LogP contribution in [0.4, 0.5) is 0 Å². The van der Waals surface area contributed by atoms with Gasteiger partial charge in [-0.25, -0.2) is 0 Å². The molecule has 0 aromatic heterocycles. The second-order valence-corrected chi connectivity index (χ2v) is 6.33. The number of nitrogens with zero attached hydrogens (tertiary/aromatic N) is 1. The van der Waals surface area contributed by atoms with Crippen molar-refractivity contribution in [1.82, 2.24) is 0 Å². The fraction of sp³-hybridized carbons (Fsp3) is 0.174. The molecule has 0 bridgehead atoms. The Labute approximate surface area is 148 Å². The van der Waals surface area contributed by atoms with E-state index in [1.165, 1.54) is 28.0 Å². The van der Waals surface area contributed by atoms with E-state index in [4.69, 9.17) is 9.73 Å². The SMILES string of the molecule is c1ccc(COc2ccc3c(c2)CCN=C3Cc2ccccc2)cc1. The van der Waals surface area contributed by atoms with Crippen molar-refractivity contribution in [1.29, 1.82) is 0 Å². The fourth-order valence-electron chi connectivity index (χ4n) is 3.23. The van der Waals surface area contributed by atoms with Crippen LogP contribution in [0.1, 0.15) is 22.3 Å². The maximum absolute atomic E-state index is 5.97. The van der Waals surface area contributed by atoms with E-state index < -0.39 is 0 Å². The lowest BCUT2D eigenvalue weighted by atomic mass is 9.93. The lowest BCUT2D eigenvalue weighted by Gasteiger charge is -2.18. The predicted molar refractivity (Wildman–Crippen MR) is 102 cm³/mol. The van der Waals surface area contributed by atoms with Gasteiger partial charge in [-0.15, -0.1) is 0 Å². The van der Waals surface area contributed by atoms with Gasteiger partial charge in [-0.1, -0.05) is 60.7 Å². The number of ether oxygens (including phenoxy) is 1. The lowest BCUT2D eigenvalue weighted by molar-refractivity contribution is 0.306. The molecular weight excluding hydrogens is 306 g/mol. The molecule has 0 radical (unpaired) electrons. The van der Waals surface area contributed by atoms with Crippen LogP contribution in [-0.4, -0.2) is 12.3 Å². The number of rotatable bonds is 5. The summed E-state index contributed by atoms with van der Waals surface area (Å²) in [5.41, 5.74) is 6.28. The highest BCUT2D eigenvalue weighted by Crippen LogP contribution is 2.24. The van der Waals surface area contributed by atoms with Gasteiger partial charge in [-0.05, 0) is 46.9 Å². The Morgan fingerprint density at radius 2 is 1.52 bits per heavy atom. The monoisotopic (exact) mass is 327 g/mol. The average Bonchev–Trinajstić information content (AvgIpc) is 2.68. The molecule has 3 aromatic rings. The average molecular weight is 327 g/mol. The first-order chi connectivity index (χ1) is 12.4. The van der Waals surface area contributed by atoms with E-state index in [2.05, 4.69) is 60.7 Å². The normalized spacial score (nSPS) is 13.0. The Morgan fingerprint density at radius 3 is 2.28 bits per heavy atom. The van der Waals surface area contributed by atoms with Crippen LogP contribution in [-0.2, 0) is 19.4 Å². The smallest absolute Gasteiger partial charge is 0.120 e. The van der Waals surface area contributed by atoms with Crippen molar-refractivity contribution in [3.63, 3.8) is 0 Å². The molecule has 124 valence electrons. The minimum atomic E-state index is 0.602. The van der Waals surface area contributed by atoms with Gasteiger partial charge >= 0.3 is 0 Å². The van der Waals surface area contributed by atoms with Crippen molar-refractivity contribution >= 4 is 5.71 Å². The van der Waals surface area contributed by atoms with Crippen molar-refractivity contribution in [3.05, 3.63) is 101 Å². The van der Waals surface area contributed by atoms with Crippen LogP contribution < -0.4 is 4.74 Å². The van der Waals surface area contributed by atoms with Crippen LogP contribution in [0, 0.1) is 0 Å². The summed E-state index contributed by atoms with van der Waals surface area (Å²) in [7, 11) is 0.